The van der Waals surface area contributed by atoms with Gasteiger partial charge in [-0.25, -0.2) is 9.37 Å². The molecule has 0 bridgehead atoms. The highest BCUT2D eigenvalue weighted by molar-refractivity contribution is 5.92. The molecule has 1 heterocycles. The molecule has 3 aromatic rings. The number of halogens is 1. The molecular weight excluding hydrogens is 361 g/mol. The summed E-state index contributed by atoms with van der Waals surface area (Å²) in [5.74, 6) is 0.824. The van der Waals surface area contributed by atoms with Crippen molar-refractivity contribution in [3.8, 4) is 11.5 Å². The number of aromatic nitrogens is 1. The third-order valence-corrected chi connectivity index (χ3v) is 3.83. The first-order valence-corrected chi connectivity index (χ1v) is 8.68. The fourth-order valence-electron chi connectivity index (χ4n) is 2.43. The zero-order valence-corrected chi connectivity index (χ0v) is 15.3. The van der Waals surface area contributed by atoms with E-state index in [1.807, 2.05) is 0 Å². The molecular formula is C21H20FN3O3. The minimum atomic E-state index is -0.328. The van der Waals surface area contributed by atoms with Crippen LogP contribution in [0.25, 0.3) is 0 Å². The molecule has 2 N–H and O–H groups in total. The highest BCUT2D eigenvalue weighted by Crippen LogP contribution is 2.17. The molecule has 0 aliphatic carbocycles. The summed E-state index contributed by atoms with van der Waals surface area (Å²) >= 11 is 0. The Morgan fingerprint density at radius 3 is 2.50 bits per heavy atom. The van der Waals surface area contributed by atoms with Gasteiger partial charge in [0.1, 0.15) is 29.6 Å². The van der Waals surface area contributed by atoms with Gasteiger partial charge in [0, 0.05) is 5.69 Å². The second-order valence-corrected chi connectivity index (χ2v) is 5.85. The van der Waals surface area contributed by atoms with E-state index in [0.717, 1.165) is 5.75 Å². The number of rotatable bonds is 8. The smallest absolute Gasteiger partial charge is 0.269 e. The highest BCUT2D eigenvalue weighted by Gasteiger charge is 2.07. The molecule has 3 rings (SSSR count). The molecule has 144 valence electrons. The van der Waals surface area contributed by atoms with Crippen LogP contribution in [-0.2, 0) is 0 Å². The van der Waals surface area contributed by atoms with Crippen molar-refractivity contribution in [2.45, 2.75) is 0 Å². The van der Waals surface area contributed by atoms with E-state index in [1.165, 1.54) is 18.3 Å². The molecule has 6 nitrogen and oxygen atoms in total. The lowest BCUT2D eigenvalue weighted by Gasteiger charge is -2.09. The van der Waals surface area contributed by atoms with E-state index in [2.05, 4.69) is 15.6 Å². The SMILES string of the molecule is COc1ccc(OCCNC(=O)c2ccc(Nc3cccc(F)c3)cn2)cc1. The molecule has 0 unspecified atom stereocenters. The number of carbonyl (C=O) groups excluding carboxylic acids is 1. The third kappa shape index (κ3) is 5.44. The quantitative estimate of drug-likeness (QED) is 0.581. The van der Waals surface area contributed by atoms with Crippen molar-refractivity contribution in [1.82, 2.24) is 10.3 Å². The zero-order chi connectivity index (χ0) is 19.8. The first-order valence-electron chi connectivity index (χ1n) is 8.68. The number of pyridine rings is 1. The second kappa shape index (κ2) is 9.36. The molecule has 0 saturated heterocycles. The Bertz CT molecular complexity index is 915. The van der Waals surface area contributed by atoms with Crippen LogP contribution in [0.15, 0.2) is 66.9 Å². The number of nitrogens with zero attached hydrogens (tertiary/aromatic N) is 1. The summed E-state index contributed by atoms with van der Waals surface area (Å²) in [6.07, 6.45) is 1.52. The molecule has 0 radical (unpaired) electrons. The summed E-state index contributed by atoms with van der Waals surface area (Å²) in [4.78, 5) is 16.3. The van der Waals surface area contributed by atoms with E-state index in [0.29, 0.717) is 30.3 Å². The Morgan fingerprint density at radius 2 is 1.82 bits per heavy atom. The van der Waals surface area contributed by atoms with Crippen LogP contribution in [0.2, 0.25) is 0 Å². The summed E-state index contributed by atoms with van der Waals surface area (Å²) in [5.41, 5.74) is 1.55. The number of carbonyl (C=O) groups is 1. The number of ether oxygens (including phenoxy) is 2. The topological polar surface area (TPSA) is 72.5 Å². The lowest BCUT2D eigenvalue weighted by atomic mass is 10.2. The summed E-state index contributed by atoms with van der Waals surface area (Å²) in [7, 11) is 1.60. The molecule has 0 fully saturated rings. The molecule has 1 aromatic heterocycles. The third-order valence-electron chi connectivity index (χ3n) is 3.83. The van der Waals surface area contributed by atoms with Crippen LogP contribution in [-0.4, -0.2) is 31.2 Å². The van der Waals surface area contributed by atoms with Crippen molar-refractivity contribution in [2.24, 2.45) is 0 Å². The van der Waals surface area contributed by atoms with Gasteiger partial charge in [-0.3, -0.25) is 4.79 Å². The van der Waals surface area contributed by atoms with Crippen LogP contribution in [0, 0.1) is 5.82 Å². The van der Waals surface area contributed by atoms with Gasteiger partial charge in [0.25, 0.3) is 5.91 Å². The second-order valence-electron chi connectivity index (χ2n) is 5.85. The van der Waals surface area contributed by atoms with Crippen molar-refractivity contribution < 1.29 is 18.7 Å². The predicted molar refractivity (Wildman–Crippen MR) is 105 cm³/mol. The van der Waals surface area contributed by atoms with Crippen molar-refractivity contribution in [3.05, 3.63) is 78.4 Å². The van der Waals surface area contributed by atoms with E-state index in [4.69, 9.17) is 9.47 Å². The number of benzene rings is 2. The lowest BCUT2D eigenvalue weighted by Crippen LogP contribution is -2.28. The summed E-state index contributed by atoms with van der Waals surface area (Å²) in [6.45, 7) is 0.674. The Balaban J connectivity index is 1.45. The van der Waals surface area contributed by atoms with E-state index >= 15 is 0 Å². The highest BCUT2D eigenvalue weighted by atomic mass is 19.1. The predicted octanol–water partition coefficient (Wildman–Crippen LogP) is 3.78. The van der Waals surface area contributed by atoms with Gasteiger partial charge in [0.05, 0.1) is 25.5 Å². The van der Waals surface area contributed by atoms with Crippen molar-refractivity contribution in [3.63, 3.8) is 0 Å². The van der Waals surface area contributed by atoms with Gasteiger partial charge in [-0.1, -0.05) is 6.07 Å². The van der Waals surface area contributed by atoms with Gasteiger partial charge in [-0.05, 0) is 54.6 Å². The molecule has 1 amide bonds. The Kier molecular flexibility index (Phi) is 6.41. The van der Waals surface area contributed by atoms with Gasteiger partial charge in [0.2, 0.25) is 0 Å². The standard InChI is InChI=1S/C21H20FN3O3/c1-27-18-6-8-19(9-7-18)28-12-11-23-21(26)20-10-5-17(14-24-20)25-16-4-2-3-15(22)13-16/h2-10,13-14,25H,11-12H2,1H3,(H,23,26). The molecule has 2 aromatic carbocycles. The van der Waals surface area contributed by atoms with E-state index in [1.54, 1.807) is 55.6 Å². The van der Waals surface area contributed by atoms with E-state index < -0.39 is 0 Å². The molecule has 0 atom stereocenters. The monoisotopic (exact) mass is 381 g/mol. The largest absolute Gasteiger partial charge is 0.497 e. The average Bonchev–Trinajstić information content (AvgIpc) is 2.72. The van der Waals surface area contributed by atoms with E-state index in [9.17, 15) is 9.18 Å². The van der Waals surface area contributed by atoms with Crippen molar-refractivity contribution in [2.75, 3.05) is 25.6 Å². The number of methoxy groups -OCH3 is 1. The van der Waals surface area contributed by atoms with Crippen LogP contribution < -0.4 is 20.1 Å². The maximum atomic E-state index is 13.2. The summed E-state index contributed by atoms with van der Waals surface area (Å²) < 4.78 is 23.8. The van der Waals surface area contributed by atoms with Gasteiger partial charge in [0.15, 0.2) is 0 Å². The number of nitrogens with one attached hydrogen (secondary N) is 2. The van der Waals surface area contributed by atoms with Crippen molar-refractivity contribution >= 4 is 17.3 Å². The van der Waals surface area contributed by atoms with Crippen LogP contribution in [0.5, 0.6) is 11.5 Å². The number of hydrogen-bond donors (Lipinski definition) is 2. The Labute approximate surface area is 162 Å². The maximum absolute atomic E-state index is 13.2. The molecule has 0 aliphatic heterocycles. The maximum Gasteiger partial charge on any atom is 0.269 e. The summed E-state index contributed by atoms with van der Waals surface area (Å²) in [5, 5.41) is 5.77. The minimum Gasteiger partial charge on any atom is -0.497 e. The van der Waals surface area contributed by atoms with Gasteiger partial charge in [-0.15, -0.1) is 0 Å². The van der Waals surface area contributed by atoms with E-state index in [-0.39, 0.29) is 17.4 Å². The summed E-state index contributed by atoms with van der Waals surface area (Å²) in [6, 6.07) is 16.6. The van der Waals surface area contributed by atoms with Crippen molar-refractivity contribution in [1.29, 1.82) is 0 Å². The molecule has 0 aliphatic rings. The molecule has 0 spiro atoms. The fraction of sp³-hybridized carbons (Fsp3) is 0.143. The van der Waals surface area contributed by atoms with Crippen LogP contribution in [0.3, 0.4) is 0 Å². The Morgan fingerprint density at radius 1 is 1.04 bits per heavy atom. The lowest BCUT2D eigenvalue weighted by molar-refractivity contribution is 0.0942. The van der Waals surface area contributed by atoms with Gasteiger partial charge in [-0.2, -0.15) is 0 Å². The average molecular weight is 381 g/mol. The number of amides is 1. The fourth-order valence-corrected chi connectivity index (χ4v) is 2.43. The number of hydrogen-bond acceptors (Lipinski definition) is 5. The normalized spacial score (nSPS) is 10.2. The Hall–Kier alpha value is -3.61. The van der Waals surface area contributed by atoms with Gasteiger partial charge < -0.3 is 20.1 Å². The van der Waals surface area contributed by atoms with Crippen LogP contribution in [0.1, 0.15) is 10.5 Å². The van der Waals surface area contributed by atoms with Crippen LogP contribution in [0.4, 0.5) is 15.8 Å². The first kappa shape index (κ1) is 19.2. The first-order chi connectivity index (χ1) is 13.6. The molecule has 0 saturated carbocycles. The van der Waals surface area contributed by atoms with Crippen LogP contribution >= 0.6 is 0 Å². The zero-order valence-electron chi connectivity index (χ0n) is 15.3. The van der Waals surface area contributed by atoms with Gasteiger partial charge >= 0.3 is 0 Å². The molecule has 28 heavy (non-hydrogen) atoms. The molecule has 7 heteroatoms. The minimum absolute atomic E-state index is 0.286. The number of anilines is 2.